The van der Waals surface area contributed by atoms with Crippen molar-refractivity contribution in [3.8, 4) is 11.3 Å². The van der Waals surface area contributed by atoms with Crippen molar-refractivity contribution in [1.82, 2.24) is 9.88 Å². The summed E-state index contributed by atoms with van der Waals surface area (Å²) in [5.74, 6) is 1.36. The quantitative estimate of drug-likeness (QED) is 0.594. The minimum atomic E-state index is -0.615. The zero-order chi connectivity index (χ0) is 22.1. The SMILES string of the molecule is Cc1ccc(Nc2cccc3c2CCN(C2CCS(=O)CC2)C3)cc1-c1ccc(F)cn1. The summed E-state index contributed by atoms with van der Waals surface area (Å²) in [4.78, 5) is 6.83. The summed E-state index contributed by atoms with van der Waals surface area (Å²) >= 11 is 0. The van der Waals surface area contributed by atoms with Crippen molar-refractivity contribution in [1.29, 1.82) is 0 Å². The van der Waals surface area contributed by atoms with E-state index in [1.807, 2.05) is 6.92 Å². The molecule has 0 amide bonds. The molecule has 0 aliphatic carbocycles. The first-order valence-corrected chi connectivity index (χ1v) is 12.7. The zero-order valence-electron chi connectivity index (χ0n) is 18.3. The number of pyridine rings is 1. The van der Waals surface area contributed by atoms with Crippen LogP contribution < -0.4 is 5.32 Å². The summed E-state index contributed by atoms with van der Waals surface area (Å²) in [7, 11) is -0.615. The lowest BCUT2D eigenvalue weighted by molar-refractivity contribution is 0.168. The molecule has 0 radical (unpaired) electrons. The molecule has 5 rings (SSSR count). The standard InChI is InChI=1S/C26H28FN3OS/c1-18-5-7-21(15-24(18)25-8-6-20(27)16-28-25)29-26-4-2-3-19-17-30(12-9-23(19)26)22-10-13-32(31)14-11-22/h2-8,15-16,22,29H,9-14,17H2,1H3. The van der Waals surface area contributed by atoms with Crippen LogP contribution in [0.25, 0.3) is 11.3 Å². The van der Waals surface area contributed by atoms with Gasteiger partial charge in [0.25, 0.3) is 0 Å². The Labute approximate surface area is 191 Å². The number of nitrogens with zero attached hydrogens (tertiary/aromatic N) is 2. The molecule has 1 saturated heterocycles. The summed E-state index contributed by atoms with van der Waals surface area (Å²) in [6, 6.07) is 16.5. The van der Waals surface area contributed by atoms with Gasteiger partial charge in [-0.3, -0.25) is 14.1 Å². The largest absolute Gasteiger partial charge is 0.355 e. The van der Waals surface area contributed by atoms with Crippen LogP contribution in [0.2, 0.25) is 0 Å². The molecule has 0 unspecified atom stereocenters. The average Bonchev–Trinajstić information content (AvgIpc) is 2.81. The number of aromatic nitrogens is 1. The Morgan fingerprint density at radius 2 is 1.97 bits per heavy atom. The fourth-order valence-corrected chi connectivity index (χ4v) is 6.15. The first-order valence-electron chi connectivity index (χ1n) is 11.3. The number of anilines is 2. The lowest BCUT2D eigenvalue weighted by Crippen LogP contribution is -2.42. The van der Waals surface area contributed by atoms with Crippen molar-refractivity contribution in [3.05, 3.63) is 77.2 Å². The fourth-order valence-electron chi connectivity index (χ4n) is 4.87. The summed E-state index contributed by atoms with van der Waals surface area (Å²) in [6.45, 7) is 4.05. The molecule has 0 spiro atoms. The number of benzene rings is 2. The van der Waals surface area contributed by atoms with Crippen LogP contribution in [0.1, 0.15) is 29.5 Å². The summed E-state index contributed by atoms with van der Waals surface area (Å²) in [6.07, 6.45) is 4.36. The molecular weight excluding hydrogens is 421 g/mol. The predicted octanol–water partition coefficient (Wildman–Crippen LogP) is 5.21. The lowest BCUT2D eigenvalue weighted by Gasteiger charge is -2.38. The van der Waals surface area contributed by atoms with E-state index in [4.69, 9.17) is 0 Å². The Hall–Kier alpha value is -2.57. The summed E-state index contributed by atoms with van der Waals surface area (Å²) in [5.41, 5.74) is 7.78. The molecule has 2 aromatic carbocycles. The van der Waals surface area contributed by atoms with E-state index in [9.17, 15) is 8.60 Å². The van der Waals surface area contributed by atoms with Crippen LogP contribution in [0.15, 0.2) is 54.7 Å². The van der Waals surface area contributed by atoms with Crippen LogP contribution in [-0.2, 0) is 23.8 Å². The topological polar surface area (TPSA) is 45.2 Å². The number of hydrogen-bond acceptors (Lipinski definition) is 4. The molecule has 0 atom stereocenters. The molecular formula is C26H28FN3OS. The molecule has 2 aliphatic heterocycles. The van der Waals surface area contributed by atoms with Gasteiger partial charge in [0.15, 0.2) is 0 Å². The Bertz CT molecular complexity index is 1140. The van der Waals surface area contributed by atoms with E-state index < -0.39 is 10.8 Å². The molecule has 3 aromatic rings. The Morgan fingerprint density at radius 1 is 1.12 bits per heavy atom. The van der Waals surface area contributed by atoms with Crippen LogP contribution in [0, 0.1) is 12.7 Å². The van der Waals surface area contributed by atoms with Crippen LogP contribution in [0.3, 0.4) is 0 Å². The lowest BCUT2D eigenvalue weighted by atomic mass is 9.95. The van der Waals surface area contributed by atoms with Crippen molar-refractivity contribution >= 4 is 22.2 Å². The van der Waals surface area contributed by atoms with Gasteiger partial charge in [0.1, 0.15) is 5.82 Å². The number of aryl methyl sites for hydroxylation is 1. The highest BCUT2D eigenvalue weighted by molar-refractivity contribution is 7.85. The molecule has 1 fully saturated rings. The van der Waals surface area contributed by atoms with Crippen LogP contribution >= 0.6 is 0 Å². The molecule has 3 heterocycles. The van der Waals surface area contributed by atoms with Crippen molar-refractivity contribution in [2.75, 3.05) is 23.4 Å². The van der Waals surface area contributed by atoms with E-state index in [1.165, 1.54) is 23.4 Å². The number of rotatable bonds is 4. The smallest absolute Gasteiger partial charge is 0.141 e. The molecule has 166 valence electrons. The highest BCUT2D eigenvalue weighted by Gasteiger charge is 2.27. The van der Waals surface area contributed by atoms with Crippen molar-refractivity contribution < 1.29 is 8.60 Å². The third-order valence-electron chi connectivity index (χ3n) is 6.69. The maximum absolute atomic E-state index is 13.3. The van der Waals surface area contributed by atoms with Gasteiger partial charge < -0.3 is 5.32 Å². The van der Waals surface area contributed by atoms with Gasteiger partial charge in [-0.2, -0.15) is 0 Å². The van der Waals surface area contributed by atoms with E-state index in [-0.39, 0.29) is 5.82 Å². The summed E-state index contributed by atoms with van der Waals surface area (Å²) < 4.78 is 25.0. The summed E-state index contributed by atoms with van der Waals surface area (Å²) in [5, 5.41) is 3.62. The van der Waals surface area contributed by atoms with Crippen molar-refractivity contribution in [3.63, 3.8) is 0 Å². The Balaban J connectivity index is 1.36. The van der Waals surface area contributed by atoms with Gasteiger partial charge in [0.05, 0.1) is 11.9 Å². The number of hydrogen-bond donors (Lipinski definition) is 1. The van der Waals surface area contributed by atoms with E-state index in [0.717, 1.165) is 72.1 Å². The molecule has 4 nitrogen and oxygen atoms in total. The Kier molecular flexibility index (Phi) is 6.07. The van der Waals surface area contributed by atoms with E-state index in [0.29, 0.717) is 6.04 Å². The molecule has 1 aromatic heterocycles. The second-order valence-corrected chi connectivity index (χ2v) is 10.5. The maximum atomic E-state index is 13.3. The maximum Gasteiger partial charge on any atom is 0.141 e. The van der Waals surface area contributed by atoms with Gasteiger partial charge in [-0.1, -0.05) is 18.2 Å². The van der Waals surface area contributed by atoms with E-state index >= 15 is 0 Å². The average molecular weight is 450 g/mol. The van der Waals surface area contributed by atoms with Gasteiger partial charge in [0.2, 0.25) is 0 Å². The first kappa shape index (κ1) is 21.3. The third kappa shape index (κ3) is 4.48. The predicted molar refractivity (Wildman–Crippen MR) is 129 cm³/mol. The van der Waals surface area contributed by atoms with Gasteiger partial charge in [-0.05, 0) is 73.2 Å². The van der Waals surface area contributed by atoms with E-state index in [1.54, 1.807) is 6.07 Å². The normalized spacial score (nSPS) is 21.2. The number of halogens is 1. The minimum absolute atomic E-state index is 0.327. The van der Waals surface area contributed by atoms with Gasteiger partial charge in [-0.25, -0.2) is 4.39 Å². The molecule has 2 aliphatic rings. The van der Waals surface area contributed by atoms with Crippen molar-refractivity contribution in [2.45, 2.75) is 38.8 Å². The fraction of sp³-hybridized carbons (Fsp3) is 0.346. The third-order valence-corrected chi connectivity index (χ3v) is 8.07. The highest BCUT2D eigenvalue weighted by atomic mass is 32.2. The molecule has 6 heteroatoms. The van der Waals surface area contributed by atoms with Gasteiger partial charge in [-0.15, -0.1) is 0 Å². The van der Waals surface area contributed by atoms with Gasteiger partial charge >= 0.3 is 0 Å². The first-order chi connectivity index (χ1) is 15.6. The zero-order valence-corrected chi connectivity index (χ0v) is 19.1. The van der Waals surface area contributed by atoms with E-state index in [2.05, 4.69) is 51.6 Å². The number of fused-ring (bicyclic) bond motifs is 1. The molecule has 32 heavy (non-hydrogen) atoms. The monoisotopic (exact) mass is 449 g/mol. The molecule has 0 saturated carbocycles. The Morgan fingerprint density at radius 3 is 2.75 bits per heavy atom. The molecule has 0 bridgehead atoms. The van der Waals surface area contributed by atoms with Crippen LogP contribution in [-0.4, -0.2) is 38.2 Å². The second-order valence-electron chi connectivity index (χ2n) is 8.76. The number of nitrogens with one attached hydrogen (secondary N) is 1. The van der Waals surface area contributed by atoms with Crippen molar-refractivity contribution in [2.24, 2.45) is 0 Å². The van der Waals surface area contributed by atoms with Crippen LogP contribution in [0.5, 0.6) is 0 Å². The highest BCUT2D eigenvalue weighted by Crippen LogP contribution is 2.32. The molecule has 1 N–H and O–H groups in total. The minimum Gasteiger partial charge on any atom is -0.355 e. The van der Waals surface area contributed by atoms with Crippen LogP contribution in [0.4, 0.5) is 15.8 Å². The second kappa shape index (κ2) is 9.12. The van der Waals surface area contributed by atoms with Gasteiger partial charge in [0, 0.05) is 58.4 Å².